The van der Waals surface area contributed by atoms with E-state index in [0.29, 0.717) is 26.1 Å². The number of alkyl halides is 4. The molecule has 0 aliphatic heterocycles. The number of carbonyl (C=O) groups excluding carboxylic acids is 2. The summed E-state index contributed by atoms with van der Waals surface area (Å²) < 4.78 is 8.79. The fourth-order valence-electron chi connectivity index (χ4n) is 0.676. The van der Waals surface area contributed by atoms with Crippen molar-refractivity contribution in [1.29, 1.82) is 0 Å². The van der Waals surface area contributed by atoms with Gasteiger partial charge in [0.15, 0.2) is 7.47 Å². The number of carbonyl (C=O) groups is 2. The molecule has 0 unspecified atom stereocenters. The van der Waals surface area contributed by atoms with Gasteiger partial charge in [-0.3, -0.25) is 0 Å². The molecule has 0 rings (SSSR count). The van der Waals surface area contributed by atoms with Crippen LogP contribution in [0.3, 0.4) is 0 Å². The van der Waals surface area contributed by atoms with Crippen molar-refractivity contribution in [3.05, 3.63) is 0 Å². The third-order valence-corrected chi connectivity index (χ3v) is 2.88. The summed E-state index contributed by atoms with van der Waals surface area (Å²) in [6.45, 7) is 0.631. The molecule has 0 aromatic carbocycles. The van der Waals surface area contributed by atoms with Gasteiger partial charge in [0.1, 0.15) is 0 Å². The van der Waals surface area contributed by atoms with Crippen molar-refractivity contribution in [1.82, 2.24) is 0 Å². The zero-order chi connectivity index (χ0) is 12.6. The fraction of sp³-hybridized carbons (Fsp3) is 0.750. The largest absolute Gasteiger partial charge is 0.464 e. The lowest BCUT2D eigenvalue weighted by molar-refractivity contribution is -0.143. The molecule has 0 saturated carbocycles. The second kappa shape index (κ2) is 9.85. The molecule has 0 aliphatic rings. The summed E-state index contributed by atoms with van der Waals surface area (Å²) in [5, 5.41) is 0. The van der Waals surface area contributed by atoms with Gasteiger partial charge in [0.25, 0.3) is 0 Å². The molecule has 94 valence electrons. The van der Waals surface area contributed by atoms with Gasteiger partial charge in [0.05, 0.1) is 13.2 Å². The first kappa shape index (κ1) is 16.9. The molecule has 0 amide bonds. The maximum atomic E-state index is 11.0. The third kappa shape index (κ3) is 8.95. The first-order chi connectivity index (χ1) is 7.45. The monoisotopic (exact) mass is 486 g/mol. The maximum absolute atomic E-state index is 11.0. The lowest BCUT2D eigenvalue weighted by Crippen LogP contribution is -2.14. The van der Waals surface area contributed by atoms with Gasteiger partial charge in [0, 0.05) is 0 Å². The summed E-state index contributed by atoms with van der Waals surface area (Å²) in [6.07, 6.45) is 1.31. The Morgan fingerprint density at radius 2 is 1.12 bits per heavy atom. The molecule has 16 heavy (non-hydrogen) atoms. The summed E-state index contributed by atoms with van der Waals surface area (Å²) >= 11 is 12.1. The predicted octanol–water partition coefficient (Wildman–Crippen LogP) is 3.08. The number of ether oxygens (including phenoxy) is 2. The van der Waals surface area contributed by atoms with Crippen molar-refractivity contribution >= 4 is 75.7 Å². The van der Waals surface area contributed by atoms with Gasteiger partial charge in [-0.15, -0.1) is 0 Å². The molecular formula is C8H10Br4O4. The van der Waals surface area contributed by atoms with Gasteiger partial charge < -0.3 is 9.47 Å². The summed E-state index contributed by atoms with van der Waals surface area (Å²) in [5.41, 5.74) is 0. The second-order valence-corrected chi connectivity index (χ2v) is 8.76. The van der Waals surface area contributed by atoms with Crippen LogP contribution in [0, 0.1) is 0 Å². The molecule has 0 bridgehead atoms. The molecule has 0 saturated heterocycles. The Balaban J connectivity index is 3.35. The van der Waals surface area contributed by atoms with Crippen LogP contribution >= 0.6 is 63.7 Å². The van der Waals surface area contributed by atoms with Gasteiger partial charge in [-0.1, -0.05) is 63.7 Å². The molecule has 0 heterocycles. The predicted molar refractivity (Wildman–Crippen MR) is 74.4 cm³/mol. The summed E-state index contributed by atoms with van der Waals surface area (Å²) in [5.74, 6) is -0.726. The number of esters is 2. The molecule has 0 atom stereocenters. The topological polar surface area (TPSA) is 52.6 Å². The normalized spacial score (nSPS) is 10.6. The van der Waals surface area contributed by atoms with Gasteiger partial charge in [-0.25, -0.2) is 9.59 Å². The Morgan fingerprint density at radius 1 is 0.812 bits per heavy atom. The Bertz CT molecular complexity index is 208. The van der Waals surface area contributed by atoms with E-state index in [1.807, 2.05) is 0 Å². The van der Waals surface area contributed by atoms with Crippen LogP contribution in [0.1, 0.15) is 12.8 Å². The van der Waals surface area contributed by atoms with Gasteiger partial charge in [-0.2, -0.15) is 0 Å². The summed E-state index contributed by atoms with van der Waals surface area (Å²) in [6, 6.07) is 0. The Labute approximate surface area is 127 Å². The van der Waals surface area contributed by atoms with E-state index in [1.54, 1.807) is 0 Å². The van der Waals surface area contributed by atoms with Crippen LogP contribution < -0.4 is 0 Å². The average Bonchev–Trinajstić information content (AvgIpc) is 2.21. The summed E-state index contributed by atoms with van der Waals surface area (Å²) in [4.78, 5) is 21.9. The van der Waals surface area contributed by atoms with Crippen molar-refractivity contribution in [2.45, 2.75) is 20.3 Å². The molecule has 0 spiro atoms. The molecule has 0 N–H and O–H groups in total. The SMILES string of the molecule is O=C(OCCCCOC(=O)C(Br)Br)C(Br)Br. The first-order valence-electron chi connectivity index (χ1n) is 4.34. The molecule has 0 radical (unpaired) electrons. The molecule has 0 aromatic heterocycles. The van der Waals surface area contributed by atoms with Crippen LogP contribution in [0.5, 0.6) is 0 Å². The lowest BCUT2D eigenvalue weighted by Gasteiger charge is -2.06. The van der Waals surface area contributed by atoms with Gasteiger partial charge in [0.2, 0.25) is 0 Å². The van der Waals surface area contributed by atoms with Crippen molar-refractivity contribution < 1.29 is 19.1 Å². The highest BCUT2D eigenvalue weighted by atomic mass is 79.9. The minimum absolute atomic E-state index is 0.316. The lowest BCUT2D eigenvalue weighted by atomic mass is 10.3. The minimum atomic E-state index is -0.472. The molecule has 0 aromatic rings. The molecule has 0 fully saturated rings. The first-order valence-corrected chi connectivity index (χ1v) is 8.01. The van der Waals surface area contributed by atoms with Crippen LogP contribution in [0.25, 0.3) is 0 Å². The number of halogens is 4. The molecule has 0 aliphatic carbocycles. The third-order valence-electron chi connectivity index (χ3n) is 1.38. The van der Waals surface area contributed by atoms with Crippen LogP contribution in [0.2, 0.25) is 0 Å². The zero-order valence-corrected chi connectivity index (χ0v) is 14.5. The highest BCUT2D eigenvalue weighted by Gasteiger charge is 2.12. The van der Waals surface area contributed by atoms with Crippen LogP contribution in [-0.2, 0) is 19.1 Å². The Kier molecular flexibility index (Phi) is 10.4. The fourth-order valence-corrected chi connectivity index (χ4v) is 1.20. The standard InChI is InChI=1S/C8H10Br4O4/c9-5(10)7(13)15-3-1-2-4-16-8(14)6(11)12/h5-6H,1-4H2. The van der Waals surface area contributed by atoms with Crippen molar-refractivity contribution in [2.75, 3.05) is 13.2 Å². The second-order valence-electron chi connectivity index (χ2n) is 2.64. The van der Waals surface area contributed by atoms with E-state index in [9.17, 15) is 9.59 Å². The highest BCUT2D eigenvalue weighted by Crippen LogP contribution is 2.11. The number of hydrogen-bond acceptors (Lipinski definition) is 4. The average molecular weight is 490 g/mol. The van der Waals surface area contributed by atoms with Gasteiger partial charge >= 0.3 is 11.9 Å². The van der Waals surface area contributed by atoms with Crippen LogP contribution in [-0.4, -0.2) is 32.6 Å². The van der Waals surface area contributed by atoms with E-state index in [0.717, 1.165) is 0 Å². The zero-order valence-electron chi connectivity index (χ0n) is 8.13. The Morgan fingerprint density at radius 3 is 1.38 bits per heavy atom. The number of hydrogen-bond donors (Lipinski definition) is 0. The number of unbranched alkanes of at least 4 members (excludes halogenated alkanes) is 1. The molecule has 8 heteroatoms. The minimum Gasteiger partial charge on any atom is -0.464 e. The Hall–Kier alpha value is 0.860. The maximum Gasteiger partial charge on any atom is 0.330 e. The molecule has 4 nitrogen and oxygen atoms in total. The van der Waals surface area contributed by atoms with Crippen LogP contribution in [0.4, 0.5) is 0 Å². The smallest absolute Gasteiger partial charge is 0.330 e. The van der Waals surface area contributed by atoms with Gasteiger partial charge in [-0.05, 0) is 12.8 Å². The van der Waals surface area contributed by atoms with E-state index < -0.39 is 7.47 Å². The van der Waals surface area contributed by atoms with Crippen molar-refractivity contribution in [3.8, 4) is 0 Å². The quantitative estimate of drug-likeness (QED) is 0.313. The molecular weight excluding hydrogens is 480 g/mol. The van der Waals surface area contributed by atoms with E-state index in [4.69, 9.17) is 9.47 Å². The number of rotatable bonds is 7. The van der Waals surface area contributed by atoms with Crippen molar-refractivity contribution in [3.63, 3.8) is 0 Å². The van der Waals surface area contributed by atoms with E-state index in [2.05, 4.69) is 63.7 Å². The summed E-state index contributed by atoms with van der Waals surface area (Å²) in [7, 11) is 0. The highest BCUT2D eigenvalue weighted by molar-refractivity contribution is 9.25. The van der Waals surface area contributed by atoms with E-state index >= 15 is 0 Å². The van der Waals surface area contributed by atoms with Crippen molar-refractivity contribution in [2.24, 2.45) is 0 Å². The van der Waals surface area contributed by atoms with E-state index in [1.165, 1.54) is 0 Å². The van der Waals surface area contributed by atoms with E-state index in [-0.39, 0.29) is 11.9 Å². The van der Waals surface area contributed by atoms with Crippen LogP contribution in [0.15, 0.2) is 0 Å².